The molecule has 1 unspecified atom stereocenters. The Morgan fingerprint density at radius 3 is 2.94 bits per heavy atom. The van der Waals surface area contributed by atoms with Crippen LogP contribution in [0.25, 0.3) is 0 Å². The molecule has 1 atom stereocenters. The van der Waals surface area contributed by atoms with Crippen LogP contribution in [0.5, 0.6) is 5.75 Å². The lowest BCUT2D eigenvalue weighted by molar-refractivity contribution is -0.124. The van der Waals surface area contributed by atoms with Gasteiger partial charge in [0.25, 0.3) is 5.91 Å². The van der Waals surface area contributed by atoms with Crippen molar-refractivity contribution >= 4 is 11.8 Å². The third-order valence-electron chi connectivity index (χ3n) is 2.80. The average Bonchev–Trinajstić information content (AvgIpc) is 2.32. The largest absolute Gasteiger partial charge is 0.507 e. The number of hydrogen-bond donors (Lipinski definition) is 3. The molecule has 3 N–H and O–H groups in total. The normalized spacial score (nSPS) is 19.2. The molecule has 0 aliphatic carbocycles. The molecule has 0 spiro atoms. The van der Waals surface area contributed by atoms with Gasteiger partial charge in [-0.2, -0.15) is 0 Å². The molecule has 5 nitrogen and oxygen atoms in total. The highest BCUT2D eigenvalue weighted by molar-refractivity contribution is 5.99. The summed E-state index contributed by atoms with van der Waals surface area (Å²) in [7, 11) is 0. The Labute approximate surface area is 103 Å². The Balaban J connectivity index is 2.09. The van der Waals surface area contributed by atoms with E-state index in [1.54, 1.807) is 0 Å². The number of phenols is 1. The van der Waals surface area contributed by atoms with Crippen molar-refractivity contribution in [3.8, 4) is 5.75 Å². The monoisotopic (exact) mass is 252 g/mol. The van der Waals surface area contributed by atoms with Crippen molar-refractivity contribution in [2.24, 2.45) is 0 Å². The van der Waals surface area contributed by atoms with Gasteiger partial charge in [-0.1, -0.05) is 0 Å². The van der Waals surface area contributed by atoms with Crippen LogP contribution in [0, 0.1) is 5.82 Å². The molecule has 0 radical (unpaired) electrons. The van der Waals surface area contributed by atoms with E-state index in [4.69, 9.17) is 0 Å². The first-order chi connectivity index (χ1) is 8.58. The van der Waals surface area contributed by atoms with Gasteiger partial charge in [0.1, 0.15) is 17.6 Å². The van der Waals surface area contributed by atoms with Crippen molar-refractivity contribution < 1.29 is 19.1 Å². The molecule has 2 rings (SSSR count). The molecule has 6 heteroatoms. The van der Waals surface area contributed by atoms with E-state index in [1.807, 2.05) is 0 Å². The number of rotatable bonds is 2. The first-order valence-electron chi connectivity index (χ1n) is 5.65. The van der Waals surface area contributed by atoms with Crippen molar-refractivity contribution in [2.45, 2.75) is 18.9 Å². The van der Waals surface area contributed by atoms with Gasteiger partial charge in [-0.3, -0.25) is 9.59 Å². The van der Waals surface area contributed by atoms with Gasteiger partial charge in [0.15, 0.2) is 0 Å². The summed E-state index contributed by atoms with van der Waals surface area (Å²) >= 11 is 0. The van der Waals surface area contributed by atoms with Crippen LogP contribution in [0.3, 0.4) is 0 Å². The van der Waals surface area contributed by atoms with Gasteiger partial charge in [-0.25, -0.2) is 4.39 Å². The quantitative estimate of drug-likeness (QED) is 0.718. The molecule has 1 heterocycles. The van der Waals surface area contributed by atoms with Gasteiger partial charge < -0.3 is 15.7 Å². The Morgan fingerprint density at radius 1 is 1.50 bits per heavy atom. The zero-order valence-corrected chi connectivity index (χ0v) is 9.57. The fourth-order valence-corrected chi connectivity index (χ4v) is 1.84. The zero-order chi connectivity index (χ0) is 13.1. The maximum Gasteiger partial charge on any atom is 0.255 e. The SMILES string of the molecule is O=C(NC1CCCNC1=O)c1ccc(F)cc1O. The summed E-state index contributed by atoms with van der Waals surface area (Å²) in [6.07, 6.45) is 1.34. The Kier molecular flexibility index (Phi) is 3.45. The predicted octanol–water partition coefficient (Wildman–Crippen LogP) is 0.540. The summed E-state index contributed by atoms with van der Waals surface area (Å²) in [6.45, 7) is 0.604. The van der Waals surface area contributed by atoms with Crippen molar-refractivity contribution in [3.63, 3.8) is 0 Å². The third kappa shape index (κ3) is 2.58. The minimum Gasteiger partial charge on any atom is -0.507 e. The van der Waals surface area contributed by atoms with E-state index < -0.39 is 23.5 Å². The van der Waals surface area contributed by atoms with Crippen molar-refractivity contribution in [1.29, 1.82) is 0 Å². The molecule has 96 valence electrons. The molecule has 0 bridgehead atoms. The van der Waals surface area contributed by atoms with Crippen LogP contribution in [0.15, 0.2) is 18.2 Å². The lowest BCUT2D eigenvalue weighted by atomic mass is 10.1. The molecule has 1 aliphatic rings. The highest BCUT2D eigenvalue weighted by Gasteiger charge is 2.24. The molecular formula is C12H13FN2O3. The van der Waals surface area contributed by atoms with Gasteiger partial charge in [0.05, 0.1) is 5.56 Å². The van der Waals surface area contributed by atoms with Crippen LogP contribution < -0.4 is 10.6 Å². The highest BCUT2D eigenvalue weighted by atomic mass is 19.1. The van der Waals surface area contributed by atoms with E-state index >= 15 is 0 Å². The minimum atomic E-state index is -0.626. The minimum absolute atomic E-state index is 0.0465. The Bertz CT molecular complexity index is 490. The number of amides is 2. The van der Waals surface area contributed by atoms with Gasteiger partial charge in [-0.05, 0) is 25.0 Å². The smallest absolute Gasteiger partial charge is 0.255 e. The van der Waals surface area contributed by atoms with Crippen LogP contribution in [0.4, 0.5) is 4.39 Å². The van der Waals surface area contributed by atoms with E-state index in [9.17, 15) is 19.1 Å². The molecule has 1 aromatic carbocycles. The number of phenolic OH excluding ortho intramolecular Hbond substituents is 1. The molecule has 1 aliphatic heterocycles. The number of piperidine rings is 1. The van der Waals surface area contributed by atoms with E-state index in [1.165, 1.54) is 6.07 Å². The fourth-order valence-electron chi connectivity index (χ4n) is 1.84. The number of halogens is 1. The second-order valence-corrected chi connectivity index (χ2v) is 4.12. The molecule has 0 aromatic heterocycles. The van der Waals surface area contributed by atoms with Crippen molar-refractivity contribution in [1.82, 2.24) is 10.6 Å². The summed E-state index contributed by atoms with van der Waals surface area (Å²) in [5, 5.41) is 14.6. The number of carbonyl (C=O) groups is 2. The first-order valence-corrected chi connectivity index (χ1v) is 5.65. The number of hydrogen-bond acceptors (Lipinski definition) is 3. The first kappa shape index (κ1) is 12.3. The summed E-state index contributed by atoms with van der Waals surface area (Å²) < 4.78 is 12.8. The molecular weight excluding hydrogens is 239 g/mol. The molecule has 0 saturated carbocycles. The van der Waals surface area contributed by atoms with Crippen LogP contribution in [-0.2, 0) is 4.79 Å². The van der Waals surface area contributed by atoms with Crippen LogP contribution >= 0.6 is 0 Å². The zero-order valence-electron chi connectivity index (χ0n) is 9.57. The summed E-state index contributed by atoms with van der Waals surface area (Å²) in [5.41, 5.74) is -0.0465. The average molecular weight is 252 g/mol. The van der Waals surface area contributed by atoms with E-state index in [2.05, 4.69) is 10.6 Å². The van der Waals surface area contributed by atoms with Gasteiger partial charge in [0, 0.05) is 12.6 Å². The van der Waals surface area contributed by atoms with Gasteiger partial charge >= 0.3 is 0 Å². The van der Waals surface area contributed by atoms with Crippen molar-refractivity contribution in [2.75, 3.05) is 6.54 Å². The topological polar surface area (TPSA) is 78.4 Å². The number of aromatic hydroxyl groups is 1. The maximum absolute atomic E-state index is 12.8. The summed E-state index contributed by atoms with van der Waals surface area (Å²) in [5.74, 6) is -1.89. The lowest BCUT2D eigenvalue weighted by Crippen LogP contribution is -2.50. The molecule has 1 aromatic rings. The van der Waals surface area contributed by atoms with Crippen LogP contribution in [0.1, 0.15) is 23.2 Å². The molecule has 1 fully saturated rings. The molecule has 1 saturated heterocycles. The maximum atomic E-state index is 12.8. The second kappa shape index (κ2) is 5.03. The second-order valence-electron chi connectivity index (χ2n) is 4.12. The van der Waals surface area contributed by atoms with Crippen LogP contribution in [-0.4, -0.2) is 29.5 Å². The lowest BCUT2D eigenvalue weighted by Gasteiger charge is -2.22. The fraction of sp³-hybridized carbons (Fsp3) is 0.333. The Morgan fingerprint density at radius 2 is 2.28 bits per heavy atom. The van der Waals surface area contributed by atoms with Gasteiger partial charge in [0.2, 0.25) is 5.91 Å². The standard InChI is InChI=1S/C12H13FN2O3/c13-7-3-4-8(10(16)6-7)11(17)15-9-2-1-5-14-12(9)18/h3-4,6,9,16H,1-2,5H2,(H,14,18)(H,15,17). The number of benzene rings is 1. The molecule has 18 heavy (non-hydrogen) atoms. The Hall–Kier alpha value is -2.11. The summed E-state index contributed by atoms with van der Waals surface area (Å²) in [4.78, 5) is 23.3. The van der Waals surface area contributed by atoms with E-state index in [0.29, 0.717) is 13.0 Å². The van der Waals surface area contributed by atoms with Crippen LogP contribution in [0.2, 0.25) is 0 Å². The number of nitrogens with one attached hydrogen (secondary N) is 2. The van der Waals surface area contributed by atoms with Crippen molar-refractivity contribution in [3.05, 3.63) is 29.6 Å². The van der Waals surface area contributed by atoms with Gasteiger partial charge in [-0.15, -0.1) is 0 Å². The predicted molar refractivity (Wildman–Crippen MR) is 61.6 cm³/mol. The highest BCUT2D eigenvalue weighted by Crippen LogP contribution is 2.18. The molecule has 2 amide bonds. The third-order valence-corrected chi connectivity index (χ3v) is 2.80. The van der Waals surface area contributed by atoms with E-state index in [0.717, 1.165) is 18.6 Å². The van der Waals surface area contributed by atoms with E-state index in [-0.39, 0.29) is 11.5 Å². The summed E-state index contributed by atoms with van der Waals surface area (Å²) in [6, 6.07) is 2.52. The number of carbonyl (C=O) groups excluding carboxylic acids is 2.